The van der Waals surface area contributed by atoms with E-state index in [-0.39, 0.29) is 5.75 Å². The topological polar surface area (TPSA) is 79.0 Å². The van der Waals surface area contributed by atoms with Gasteiger partial charge in [0.1, 0.15) is 5.65 Å². The third-order valence-corrected chi connectivity index (χ3v) is 6.76. The molecule has 160 valence electrons. The third kappa shape index (κ3) is 4.48. The number of nitrogens with one attached hydrogen (secondary N) is 1. The van der Waals surface area contributed by atoms with Crippen molar-refractivity contribution in [3.05, 3.63) is 60.0 Å². The van der Waals surface area contributed by atoms with E-state index in [0.717, 1.165) is 39.6 Å². The van der Waals surface area contributed by atoms with E-state index in [9.17, 15) is 8.42 Å². The summed E-state index contributed by atoms with van der Waals surface area (Å²) in [5, 5.41) is 1.92. The first-order chi connectivity index (χ1) is 14.9. The average molecular weight is 435 g/mol. The first-order valence-electron chi connectivity index (χ1n) is 10.7. The molecule has 1 aromatic carbocycles. The van der Waals surface area contributed by atoms with Crippen LogP contribution in [0.4, 0.5) is 0 Å². The molecule has 0 amide bonds. The van der Waals surface area contributed by atoms with E-state index in [0.29, 0.717) is 5.69 Å². The van der Waals surface area contributed by atoms with Crippen LogP contribution in [0.5, 0.6) is 0 Å². The first-order valence-corrected chi connectivity index (χ1v) is 12.8. The number of pyridine rings is 2. The fraction of sp³-hybridized carbons (Fsp3) is 0.333. The molecule has 1 N–H and O–H groups in total. The van der Waals surface area contributed by atoms with Crippen molar-refractivity contribution >= 4 is 31.8 Å². The van der Waals surface area contributed by atoms with Crippen LogP contribution in [-0.2, 0) is 22.1 Å². The van der Waals surface area contributed by atoms with Gasteiger partial charge in [-0.05, 0) is 49.2 Å². The summed E-state index contributed by atoms with van der Waals surface area (Å²) < 4.78 is 23.3. The fourth-order valence-electron chi connectivity index (χ4n) is 4.40. The van der Waals surface area contributed by atoms with Gasteiger partial charge in [-0.25, -0.2) is 13.4 Å². The highest BCUT2D eigenvalue weighted by molar-refractivity contribution is 7.89. The molecule has 6 nitrogen and oxygen atoms in total. The highest BCUT2D eigenvalue weighted by atomic mass is 32.2. The molecule has 0 atom stereocenters. The van der Waals surface area contributed by atoms with Crippen molar-refractivity contribution in [3.63, 3.8) is 0 Å². The molecule has 0 spiro atoms. The Labute approximate surface area is 182 Å². The van der Waals surface area contributed by atoms with Crippen LogP contribution in [0.25, 0.3) is 33.1 Å². The number of hydrogen-bond acceptors (Lipinski definition) is 5. The molecule has 0 aliphatic carbocycles. The summed E-state index contributed by atoms with van der Waals surface area (Å²) in [5.41, 5.74) is 5.68. The summed E-state index contributed by atoms with van der Waals surface area (Å²) in [5.74, 6) is -0.0682. The summed E-state index contributed by atoms with van der Waals surface area (Å²) in [6.45, 7) is 3.40. The van der Waals surface area contributed by atoms with Crippen molar-refractivity contribution in [2.45, 2.75) is 31.6 Å². The van der Waals surface area contributed by atoms with Crippen LogP contribution in [0.2, 0.25) is 0 Å². The van der Waals surface area contributed by atoms with E-state index in [1.165, 1.54) is 44.2 Å². The van der Waals surface area contributed by atoms with Crippen LogP contribution in [-0.4, -0.2) is 47.6 Å². The molecule has 0 bridgehead atoms. The van der Waals surface area contributed by atoms with Gasteiger partial charge in [-0.1, -0.05) is 30.7 Å². The van der Waals surface area contributed by atoms with Crippen molar-refractivity contribution in [2.24, 2.45) is 0 Å². The van der Waals surface area contributed by atoms with E-state index in [1.807, 2.05) is 12.3 Å². The quantitative estimate of drug-likeness (QED) is 0.506. The van der Waals surface area contributed by atoms with Gasteiger partial charge >= 0.3 is 0 Å². The minimum atomic E-state index is -3.14. The molecule has 1 fully saturated rings. The molecule has 31 heavy (non-hydrogen) atoms. The van der Waals surface area contributed by atoms with Crippen molar-refractivity contribution in [1.29, 1.82) is 0 Å². The number of benzene rings is 1. The highest BCUT2D eigenvalue weighted by Gasteiger charge is 2.13. The van der Waals surface area contributed by atoms with Crippen LogP contribution >= 0.6 is 0 Å². The maximum atomic E-state index is 11.7. The SMILES string of the molecule is CS(=O)(=O)Cc1cc2c(cn1)[nH]c1ncc(-c3ccc(CN4CCCCC4)cc3)cc12. The number of likely N-dealkylation sites (tertiary alicyclic amines) is 1. The summed E-state index contributed by atoms with van der Waals surface area (Å²) in [6, 6.07) is 12.7. The smallest absolute Gasteiger partial charge is 0.153 e. The second-order valence-electron chi connectivity index (χ2n) is 8.57. The Morgan fingerprint density at radius 1 is 0.935 bits per heavy atom. The van der Waals surface area contributed by atoms with Gasteiger partial charge in [0.05, 0.1) is 23.2 Å². The van der Waals surface area contributed by atoms with Gasteiger partial charge in [0, 0.05) is 35.3 Å². The van der Waals surface area contributed by atoms with Crippen molar-refractivity contribution < 1.29 is 8.42 Å². The molecule has 1 aliphatic heterocycles. The molecule has 0 unspecified atom stereocenters. The summed E-state index contributed by atoms with van der Waals surface area (Å²) in [4.78, 5) is 14.7. The predicted molar refractivity (Wildman–Crippen MR) is 125 cm³/mol. The second-order valence-corrected chi connectivity index (χ2v) is 10.7. The van der Waals surface area contributed by atoms with Gasteiger partial charge in [-0.2, -0.15) is 0 Å². The molecule has 4 heterocycles. The van der Waals surface area contributed by atoms with Gasteiger partial charge < -0.3 is 4.98 Å². The number of H-pyrrole nitrogens is 1. The van der Waals surface area contributed by atoms with E-state index in [1.54, 1.807) is 6.20 Å². The molecule has 4 aromatic rings. The van der Waals surface area contributed by atoms with E-state index < -0.39 is 9.84 Å². The van der Waals surface area contributed by atoms with Crippen molar-refractivity contribution in [3.8, 4) is 11.1 Å². The third-order valence-electron chi connectivity index (χ3n) is 5.94. The molecular formula is C24H26N4O2S. The largest absolute Gasteiger partial charge is 0.338 e. The number of sulfone groups is 1. The number of aromatic nitrogens is 3. The number of piperidine rings is 1. The van der Waals surface area contributed by atoms with Crippen LogP contribution in [0.15, 0.2) is 48.8 Å². The zero-order valence-electron chi connectivity index (χ0n) is 17.6. The lowest BCUT2D eigenvalue weighted by molar-refractivity contribution is 0.221. The maximum Gasteiger partial charge on any atom is 0.153 e. The summed E-state index contributed by atoms with van der Waals surface area (Å²) in [6.07, 6.45) is 8.74. The van der Waals surface area contributed by atoms with Crippen LogP contribution < -0.4 is 0 Å². The van der Waals surface area contributed by atoms with Gasteiger partial charge in [0.15, 0.2) is 9.84 Å². The lowest BCUT2D eigenvalue weighted by Gasteiger charge is -2.26. The lowest BCUT2D eigenvalue weighted by Crippen LogP contribution is -2.28. The zero-order chi connectivity index (χ0) is 21.4. The first kappa shape index (κ1) is 20.2. The Morgan fingerprint density at radius 3 is 2.45 bits per heavy atom. The maximum absolute atomic E-state index is 11.7. The van der Waals surface area contributed by atoms with Crippen LogP contribution in [0.3, 0.4) is 0 Å². The van der Waals surface area contributed by atoms with Crippen molar-refractivity contribution in [2.75, 3.05) is 19.3 Å². The average Bonchev–Trinajstić information content (AvgIpc) is 3.11. The van der Waals surface area contributed by atoms with E-state index in [2.05, 4.69) is 50.2 Å². The van der Waals surface area contributed by atoms with Crippen molar-refractivity contribution in [1.82, 2.24) is 19.9 Å². The van der Waals surface area contributed by atoms with Crippen LogP contribution in [0, 0.1) is 0 Å². The molecular weight excluding hydrogens is 408 g/mol. The predicted octanol–water partition coefficient (Wildman–Crippen LogP) is 4.31. The number of aromatic amines is 1. The standard InChI is InChI=1S/C24H26N4O2S/c1-31(29,30)16-20-12-21-22-11-19(13-26-24(22)27-23(21)14-25-20)18-7-5-17(6-8-18)15-28-9-3-2-4-10-28/h5-8,11-14H,2-4,9-10,15-16H2,1H3,(H,26,27). The minimum Gasteiger partial charge on any atom is -0.338 e. The van der Waals surface area contributed by atoms with Gasteiger partial charge in [-0.15, -0.1) is 0 Å². The monoisotopic (exact) mass is 434 g/mol. The summed E-state index contributed by atoms with van der Waals surface area (Å²) >= 11 is 0. The normalized spacial score (nSPS) is 15.6. The molecule has 1 saturated heterocycles. The Hall–Kier alpha value is -2.77. The Bertz CT molecular complexity index is 1340. The highest BCUT2D eigenvalue weighted by Crippen LogP contribution is 2.29. The Kier molecular flexibility index (Phi) is 5.24. The fourth-order valence-corrected chi connectivity index (χ4v) is 5.10. The lowest BCUT2D eigenvalue weighted by atomic mass is 10.0. The molecule has 0 saturated carbocycles. The van der Waals surface area contributed by atoms with Gasteiger partial charge in [-0.3, -0.25) is 9.88 Å². The number of hydrogen-bond donors (Lipinski definition) is 1. The molecule has 5 rings (SSSR count). The van der Waals surface area contributed by atoms with Gasteiger partial charge in [0.25, 0.3) is 0 Å². The summed E-state index contributed by atoms with van der Waals surface area (Å²) in [7, 11) is -3.14. The Morgan fingerprint density at radius 2 is 1.71 bits per heavy atom. The number of fused-ring (bicyclic) bond motifs is 3. The van der Waals surface area contributed by atoms with E-state index in [4.69, 9.17) is 0 Å². The Balaban J connectivity index is 1.45. The zero-order valence-corrected chi connectivity index (χ0v) is 18.5. The second kappa shape index (κ2) is 8.05. The number of rotatable bonds is 5. The molecule has 3 aromatic heterocycles. The molecule has 7 heteroatoms. The number of nitrogens with zero attached hydrogens (tertiary/aromatic N) is 3. The minimum absolute atomic E-state index is 0.0682. The van der Waals surface area contributed by atoms with E-state index >= 15 is 0 Å². The van der Waals surface area contributed by atoms with Crippen LogP contribution in [0.1, 0.15) is 30.5 Å². The molecule has 1 aliphatic rings. The van der Waals surface area contributed by atoms with Gasteiger partial charge in [0.2, 0.25) is 0 Å². The molecule has 0 radical (unpaired) electrons.